The predicted octanol–water partition coefficient (Wildman–Crippen LogP) is 4.55. The molecule has 30 heavy (non-hydrogen) atoms. The van der Waals surface area contributed by atoms with E-state index >= 15 is 0 Å². The van der Waals surface area contributed by atoms with Crippen molar-refractivity contribution in [3.8, 4) is 5.75 Å². The maximum absolute atomic E-state index is 12.7. The number of nitrogens with zero attached hydrogens (tertiary/aromatic N) is 2. The molecular formula is C22H21F3N2O2S. The second-order valence-corrected chi connectivity index (χ2v) is 8.15. The number of benzene rings is 2. The Morgan fingerprint density at radius 1 is 1.17 bits per heavy atom. The maximum atomic E-state index is 12.7. The van der Waals surface area contributed by atoms with Crippen molar-refractivity contribution >= 4 is 11.3 Å². The number of aliphatic hydroxyl groups excluding tert-OH is 1. The average molecular weight is 434 g/mol. The Morgan fingerprint density at radius 3 is 2.63 bits per heavy atom. The van der Waals surface area contributed by atoms with Crippen LogP contribution in [-0.4, -0.2) is 40.8 Å². The van der Waals surface area contributed by atoms with E-state index in [0.717, 1.165) is 30.0 Å². The first-order valence-corrected chi connectivity index (χ1v) is 10.5. The van der Waals surface area contributed by atoms with Gasteiger partial charge in [-0.1, -0.05) is 24.3 Å². The normalized spacial score (nSPS) is 18.1. The molecule has 3 aromatic rings. The topological polar surface area (TPSA) is 45.6 Å². The van der Waals surface area contributed by atoms with Crippen molar-refractivity contribution in [2.45, 2.75) is 24.7 Å². The van der Waals surface area contributed by atoms with E-state index in [4.69, 9.17) is 4.74 Å². The molecular weight excluding hydrogens is 413 g/mol. The Hall–Kier alpha value is -2.42. The van der Waals surface area contributed by atoms with E-state index in [9.17, 15) is 18.3 Å². The van der Waals surface area contributed by atoms with E-state index in [1.165, 1.54) is 23.3 Å². The molecule has 4 nitrogen and oxygen atoms in total. The number of aromatic nitrogens is 1. The molecule has 0 spiro atoms. The van der Waals surface area contributed by atoms with E-state index in [1.807, 2.05) is 18.3 Å². The Labute approximate surface area is 176 Å². The smallest absolute Gasteiger partial charge is 0.416 e. The van der Waals surface area contributed by atoms with Crippen LogP contribution in [-0.2, 0) is 12.6 Å². The van der Waals surface area contributed by atoms with Crippen molar-refractivity contribution in [2.75, 3.05) is 19.7 Å². The zero-order valence-electron chi connectivity index (χ0n) is 16.0. The van der Waals surface area contributed by atoms with Crippen LogP contribution in [0.25, 0.3) is 0 Å². The molecule has 2 heterocycles. The third-order valence-corrected chi connectivity index (χ3v) is 6.00. The van der Waals surface area contributed by atoms with Gasteiger partial charge in [-0.25, -0.2) is 0 Å². The molecule has 1 aromatic heterocycles. The first-order valence-electron chi connectivity index (χ1n) is 9.60. The van der Waals surface area contributed by atoms with E-state index in [-0.39, 0.29) is 12.6 Å². The summed E-state index contributed by atoms with van der Waals surface area (Å²) in [4.78, 5) is 7.52. The minimum absolute atomic E-state index is 0.00107. The molecule has 0 bridgehead atoms. The lowest BCUT2D eigenvalue weighted by atomic mass is 9.91. The van der Waals surface area contributed by atoms with Crippen LogP contribution >= 0.6 is 11.3 Å². The highest BCUT2D eigenvalue weighted by Crippen LogP contribution is 2.36. The van der Waals surface area contributed by atoms with Crippen molar-refractivity contribution in [1.29, 1.82) is 0 Å². The third kappa shape index (κ3) is 4.66. The molecule has 8 heteroatoms. The number of hydrogen-bond donors (Lipinski definition) is 1. The summed E-state index contributed by atoms with van der Waals surface area (Å²) in [5.41, 5.74) is 3.58. The molecule has 0 aliphatic carbocycles. The minimum Gasteiger partial charge on any atom is -0.491 e. The molecule has 0 saturated heterocycles. The minimum atomic E-state index is -4.38. The summed E-state index contributed by atoms with van der Waals surface area (Å²) in [5.74, 6) is 0.296. The molecule has 0 saturated carbocycles. The van der Waals surface area contributed by atoms with Gasteiger partial charge in [0.25, 0.3) is 0 Å². The summed E-state index contributed by atoms with van der Waals surface area (Å²) in [7, 11) is 0. The van der Waals surface area contributed by atoms with Crippen LogP contribution in [0.5, 0.6) is 5.75 Å². The number of hydrogen-bond acceptors (Lipinski definition) is 5. The number of ether oxygens (including phenoxy) is 1. The molecule has 0 amide bonds. The Kier molecular flexibility index (Phi) is 6.08. The summed E-state index contributed by atoms with van der Waals surface area (Å²) in [6.07, 6.45) is -2.42. The Morgan fingerprint density at radius 2 is 1.93 bits per heavy atom. The summed E-state index contributed by atoms with van der Waals surface area (Å²) >= 11 is 1.58. The van der Waals surface area contributed by atoms with Gasteiger partial charge < -0.3 is 9.84 Å². The summed E-state index contributed by atoms with van der Waals surface area (Å²) in [6, 6.07) is 12.8. The van der Waals surface area contributed by atoms with Crippen LogP contribution < -0.4 is 4.74 Å². The number of thiazole rings is 1. The van der Waals surface area contributed by atoms with Gasteiger partial charge in [0.2, 0.25) is 0 Å². The van der Waals surface area contributed by atoms with Gasteiger partial charge in [0.15, 0.2) is 0 Å². The maximum Gasteiger partial charge on any atom is 0.416 e. The Balaban J connectivity index is 1.41. The number of halogens is 3. The van der Waals surface area contributed by atoms with Crippen LogP contribution in [0.1, 0.15) is 27.6 Å². The van der Waals surface area contributed by atoms with Gasteiger partial charge in [0.1, 0.15) is 18.5 Å². The summed E-state index contributed by atoms with van der Waals surface area (Å²) in [6.45, 7) is 1.17. The molecule has 2 atom stereocenters. The zero-order chi connectivity index (χ0) is 21.1. The first kappa shape index (κ1) is 20.8. The highest BCUT2D eigenvalue weighted by atomic mass is 32.1. The van der Waals surface area contributed by atoms with E-state index < -0.39 is 17.8 Å². The molecule has 2 aromatic carbocycles. The molecule has 0 radical (unpaired) electrons. The van der Waals surface area contributed by atoms with Gasteiger partial charge in [-0.3, -0.25) is 9.88 Å². The molecule has 158 valence electrons. The van der Waals surface area contributed by atoms with Crippen molar-refractivity contribution in [3.63, 3.8) is 0 Å². The van der Waals surface area contributed by atoms with Gasteiger partial charge in [0.05, 0.1) is 17.1 Å². The van der Waals surface area contributed by atoms with Crippen LogP contribution in [0.4, 0.5) is 13.2 Å². The summed E-state index contributed by atoms with van der Waals surface area (Å²) < 4.78 is 43.5. The largest absolute Gasteiger partial charge is 0.491 e. The van der Waals surface area contributed by atoms with Gasteiger partial charge in [-0.05, 0) is 41.8 Å². The van der Waals surface area contributed by atoms with Crippen molar-refractivity contribution in [1.82, 2.24) is 9.88 Å². The SMILES string of the molecule is OC(COc1ccc(C(F)(F)F)cc1)CN1CCc2ccccc2C1c1cncs1. The quantitative estimate of drug-likeness (QED) is 0.618. The molecule has 0 fully saturated rings. The molecule has 2 unspecified atom stereocenters. The highest BCUT2D eigenvalue weighted by Gasteiger charge is 2.31. The molecule has 1 aliphatic heterocycles. The monoisotopic (exact) mass is 434 g/mol. The lowest BCUT2D eigenvalue weighted by Gasteiger charge is -2.37. The molecule has 1 N–H and O–H groups in total. The van der Waals surface area contributed by atoms with E-state index in [1.54, 1.807) is 16.8 Å². The first-order chi connectivity index (χ1) is 14.4. The van der Waals surface area contributed by atoms with Crippen molar-refractivity contribution in [3.05, 3.63) is 81.8 Å². The lowest BCUT2D eigenvalue weighted by Crippen LogP contribution is -2.42. The predicted molar refractivity (Wildman–Crippen MR) is 109 cm³/mol. The standard InChI is InChI=1S/C22H21F3N2O2S/c23-22(24,25)16-5-7-18(8-6-16)29-13-17(28)12-27-10-9-15-3-1-2-4-19(15)21(27)20-11-26-14-30-20/h1-8,11,14,17,21,28H,9-10,12-13H2. The molecule has 4 rings (SSSR count). The fraction of sp³-hybridized carbons (Fsp3) is 0.318. The fourth-order valence-electron chi connectivity index (χ4n) is 3.77. The van der Waals surface area contributed by atoms with Gasteiger partial charge in [-0.2, -0.15) is 13.2 Å². The van der Waals surface area contributed by atoms with Crippen LogP contribution in [0.15, 0.2) is 60.2 Å². The molecule has 1 aliphatic rings. The third-order valence-electron chi connectivity index (χ3n) is 5.17. The Bertz CT molecular complexity index is 961. The van der Waals surface area contributed by atoms with Crippen LogP contribution in [0.3, 0.4) is 0 Å². The van der Waals surface area contributed by atoms with Crippen molar-refractivity contribution in [2.24, 2.45) is 0 Å². The van der Waals surface area contributed by atoms with Crippen LogP contribution in [0.2, 0.25) is 0 Å². The van der Waals surface area contributed by atoms with E-state index in [0.29, 0.717) is 12.3 Å². The van der Waals surface area contributed by atoms with Gasteiger partial charge >= 0.3 is 6.18 Å². The highest BCUT2D eigenvalue weighted by molar-refractivity contribution is 7.09. The number of aliphatic hydroxyl groups is 1. The van der Waals surface area contributed by atoms with E-state index in [2.05, 4.69) is 22.0 Å². The summed E-state index contributed by atoms with van der Waals surface area (Å²) in [5, 5.41) is 10.6. The fourth-order valence-corrected chi connectivity index (χ4v) is 4.54. The van der Waals surface area contributed by atoms with Gasteiger partial charge in [0, 0.05) is 24.2 Å². The van der Waals surface area contributed by atoms with Crippen LogP contribution in [0, 0.1) is 0 Å². The number of rotatable bonds is 6. The lowest BCUT2D eigenvalue weighted by molar-refractivity contribution is -0.137. The number of β-amino-alcohol motifs (C(OH)–C–C–N with tert-alkyl or cyclic N) is 1. The average Bonchev–Trinajstić information content (AvgIpc) is 3.26. The van der Waals surface area contributed by atoms with Gasteiger partial charge in [-0.15, -0.1) is 11.3 Å². The number of alkyl halides is 3. The second kappa shape index (κ2) is 8.75. The van der Waals surface area contributed by atoms with Crippen molar-refractivity contribution < 1.29 is 23.0 Å². The number of fused-ring (bicyclic) bond motifs is 1. The zero-order valence-corrected chi connectivity index (χ0v) is 16.9. The second-order valence-electron chi connectivity index (χ2n) is 7.24.